The summed E-state index contributed by atoms with van der Waals surface area (Å²) in [5, 5.41) is 2.96. The lowest BCUT2D eigenvalue weighted by Gasteiger charge is -2.21. The number of aromatic nitrogens is 2. The molecule has 0 aliphatic heterocycles. The standard InChI is InChI=1S/C27H30BrN3O2/c1-17(2)24(32)23(31-26(33)20-10-12-21(13-11-20)27(3,4)5)14-18-6-8-19(9-7-18)25-29-15-22(28)16-30-25/h6-13,15-17,23H,14H2,1-5H3,(H,31,33)/t23-/m0/s1. The Morgan fingerprint density at radius 2 is 1.52 bits per heavy atom. The number of Topliss-reactive ketones (excluding diaryl/α,β-unsaturated/α-hetero) is 1. The summed E-state index contributed by atoms with van der Waals surface area (Å²) in [6.45, 7) is 10.1. The molecule has 33 heavy (non-hydrogen) atoms. The van der Waals surface area contributed by atoms with Gasteiger partial charge in [0, 0.05) is 29.4 Å². The van der Waals surface area contributed by atoms with Gasteiger partial charge in [0.05, 0.1) is 10.5 Å². The Kier molecular flexibility index (Phi) is 7.80. The van der Waals surface area contributed by atoms with Crippen LogP contribution in [0.4, 0.5) is 0 Å². The fraction of sp³-hybridized carbons (Fsp3) is 0.333. The summed E-state index contributed by atoms with van der Waals surface area (Å²) in [6, 6.07) is 14.7. The molecule has 172 valence electrons. The number of halogens is 1. The van der Waals surface area contributed by atoms with Gasteiger partial charge in [-0.05, 0) is 51.0 Å². The zero-order chi connectivity index (χ0) is 24.2. The van der Waals surface area contributed by atoms with E-state index in [0.29, 0.717) is 17.8 Å². The first-order valence-electron chi connectivity index (χ1n) is 11.1. The summed E-state index contributed by atoms with van der Waals surface area (Å²) >= 11 is 3.34. The minimum absolute atomic E-state index is 0.00924. The highest BCUT2D eigenvalue weighted by atomic mass is 79.9. The van der Waals surface area contributed by atoms with Gasteiger partial charge in [0.15, 0.2) is 11.6 Å². The van der Waals surface area contributed by atoms with Crippen molar-refractivity contribution in [2.45, 2.75) is 52.5 Å². The molecule has 0 aliphatic rings. The second-order valence-electron chi connectivity index (χ2n) is 9.54. The van der Waals surface area contributed by atoms with Crippen LogP contribution in [0.1, 0.15) is 56.1 Å². The maximum atomic E-state index is 12.9. The van der Waals surface area contributed by atoms with Crippen molar-refractivity contribution >= 4 is 27.6 Å². The van der Waals surface area contributed by atoms with Crippen LogP contribution in [-0.4, -0.2) is 27.7 Å². The monoisotopic (exact) mass is 507 g/mol. The Bertz CT molecular complexity index is 1100. The molecular formula is C27H30BrN3O2. The van der Waals surface area contributed by atoms with Crippen LogP contribution < -0.4 is 5.32 Å². The topological polar surface area (TPSA) is 72.0 Å². The Morgan fingerprint density at radius 1 is 0.939 bits per heavy atom. The SMILES string of the molecule is CC(C)C(=O)[C@H](Cc1ccc(-c2ncc(Br)cn2)cc1)NC(=O)c1ccc(C(C)(C)C)cc1. The maximum absolute atomic E-state index is 12.9. The van der Waals surface area contributed by atoms with Crippen LogP contribution >= 0.6 is 15.9 Å². The number of carbonyl (C=O) groups excluding carboxylic acids is 2. The third-order valence-electron chi connectivity index (χ3n) is 5.50. The van der Waals surface area contributed by atoms with Crippen LogP contribution in [0.3, 0.4) is 0 Å². The molecule has 1 atom stereocenters. The third-order valence-corrected chi connectivity index (χ3v) is 5.91. The van der Waals surface area contributed by atoms with Crippen molar-refractivity contribution in [1.82, 2.24) is 15.3 Å². The van der Waals surface area contributed by atoms with Gasteiger partial charge in [-0.1, -0.05) is 71.0 Å². The van der Waals surface area contributed by atoms with Crippen molar-refractivity contribution in [2.75, 3.05) is 0 Å². The number of nitrogens with one attached hydrogen (secondary N) is 1. The first-order valence-corrected chi connectivity index (χ1v) is 11.9. The lowest BCUT2D eigenvalue weighted by molar-refractivity contribution is -0.123. The van der Waals surface area contributed by atoms with Gasteiger partial charge < -0.3 is 5.32 Å². The van der Waals surface area contributed by atoms with Crippen molar-refractivity contribution in [1.29, 1.82) is 0 Å². The van der Waals surface area contributed by atoms with E-state index in [2.05, 4.69) is 52.0 Å². The fourth-order valence-electron chi connectivity index (χ4n) is 3.48. The van der Waals surface area contributed by atoms with E-state index in [-0.39, 0.29) is 23.0 Å². The van der Waals surface area contributed by atoms with Crippen molar-refractivity contribution in [3.63, 3.8) is 0 Å². The van der Waals surface area contributed by atoms with Gasteiger partial charge in [0.25, 0.3) is 5.91 Å². The number of carbonyl (C=O) groups is 2. The van der Waals surface area contributed by atoms with Gasteiger partial charge in [-0.3, -0.25) is 9.59 Å². The van der Waals surface area contributed by atoms with E-state index in [1.54, 1.807) is 12.4 Å². The zero-order valence-corrected chi connectivity index (χ0v) is 21.3. The summed E-state index contributed by atoms with van der Waals surface area (Å²) in [4.78, 5) is 34.4. The lowest BCUT2D eigenvalue weighted by Crippen LogP contribution is -2.44. The summed E-state index contributed by atoms with van der Waals surface area (Å²) in [6.07, 6.45) is 3.83. The second-order valence-corrected chi connectivity index (χ2v) is 10.5. The van der Waals surface area contributed by atoms with E-state index < -0.39 is 6.04 Å². The van der Waals surface area contributed by atoms with Crippen LogP contribution in [0.2, 0.25) is 0 Å². The van der Waals surface area contributed by atoms with Gasteiger partial charge in [0.2, 0.25) is 0 Å². The minimum atomic E-state index is -0.602. The average Bonchev–Trinajstić information content (AvgIpc) is 2.78. The zero-order valence-electron chi connectivity index (χ0n) is 19.7. The molecule has 0 saturated carbocycles. The van der Waals surface area contributed by atoms with Crippen LogP contribution in [0.5, 0.6) is 0 Å². The summed E-state index contributed by atoms with van der Waals surface area (Å²) in [7, 11) is 0. The van der Waals surface area contributed by atoms with Crippen molar-refractivity contribution in [3.8, 4) is 11.4 Å². The Balaban J connectivity index is 1.75. The number of hydrogen-bond acceptors (Lipinski definition) is 4. The molecule has 1 amide bonds. The van der Waals surface area contributed by atoms with Gasteiger partial charge >= 0.3 is 0 Å². The van der Waals surface area contributed by atoms with E-state index in [9.17, 15) is 9.59 Å². The molecule has 6 heteroatoms. The molecule has 3 aromatic rings. The first-order chi connectivity index (χ1) is 15.5. The number of nitrogens with zero attached hydrogens (tertiary/aromatic N) is 2. The molecular weight excluding hydrogens is 478 g/mol. The van der Waals surface area contributed by atoms with Crippen molar-refractivity contribution in [2.24, 2.45) is 5.92 Å². The average molecular weight is 508 g/mol. The maximum Gasteiger partial charge on any atom is 0.251 e. The molecule has 1 aromatic heterocycles. The number of hydrogen-bond donors (Lipinski definition) is 1. The Morgan fingerprint density at radius 3 is 2.03 bits per heavy atom. The minimum Gasteiger partial charge on any atom is -0.342 e. The highest BCUT2D eigenvalue weighted by molar-refractivity contribution is 9.10. The van der Waals surface area contributed by atoms with Crippen LogP contribution in [-0.2, 0) is 16.6 Å². The molecule has 0 fully saturated rings. The summed E-state index contributed by atoms with van der Waals surface area (Å²) in [5.41, 5.74) is 3.56. The van der Waals surface area contributed by atoms with Crippen molar-refractivity contribution in [3.05, 3.63) is 82.1 Å². The molecule has 5 nitrogen and oxygen atoms in total. The largest absolute Gasteiger partial charge is 0.342 e. The fourth-order valence-corrected chi connectivity index (χ4v) is 3.68. The Hall–Kier alpha value is -2.86. The molecule has 0 unspecified atom stereocenters. The quantitative estimate of drug-likeness (QED) is 0.440. The molecule has 2 aromatic carbocycles. The van der Waals surface area contributed by atoms with Gasteiger partial charge in [0.1, 0.15) is 0 Å². The number of ketones is 1. The molecule has 0 bridgehead atoms. The van der Waals surface area contributed by atoms with Crippen molar-refractivity contribution < 1.29 is 9.59 Å². The predicted molar refractivity (Wildman–Crippen MR) is 135 cm³/mol. The van der Waals surface area contributed by atoms with E-state index in [4.69, 9.17) is 0 Å². The summed E-state index contributed by atoms with van der Waals surface area (Å²) < 4.78 is 0.821. The van der Waals surface area contributed by atoms with Gasteiger partial charge in [-0.2, -0.15) is 0 Å². The predicted octanol–water partition coefficient (Wildman–Crippen LogP) is 5.77. The van der Waals surface area contributed by atoms with Crippen LogP contribution in [0.15, 0.2) is 65.4 Å². The second kappa shape index (κ2) is 10.4. The molecule has 3 rings (SSSR count). The molecule has 0 aliphatic carbocycles. The van der Waals surface area contributed by atoms with Crippen LogP contribution in [0, 0.1) is 5.92 Å². The number of rotatable bonds is 7. The lowest BCUT2D eigenvalue weighted by atomic mass is 9.86. The van der Waals surface area contributed by atoms with E-state index in [0.717, 1.165) is 21.2 Å². The molecule has 1 N–H and O–H groups in total. The van der Waals surface area contributed by atoms with E-state index in [1.807, 2.05) is 62.4 Å². The molecule has 1 heterocycles. The number of amides is 1. The molecule has 0 radical (unpaired) electrons. The van der Waals surface area contributed by atoms with Gasteiger partial charge in [-0.25, -0.2) is 9.97 Å². The highest BCUT2D eigenvalue weighted by Gasteiger charge is 2.24. The first kappa shape index (κ1) is 24.8. The van der Waals surface area contributed by atoms with E-state index in [1.165, 1.54) is 0 Å². The highest BCUT2D eigenvalue weighted by Crippen LogP contribution is 2.22. The summed E-state index contributed by atoms with van der Waals surface area (Å²) in [5.74, 6) is 0.213. The van der Waals surface area contributed by atoms with Crippen LogP contribution in [0.25, 0.3) is 11.4 Å². The Labute approximate surface area is 204 Å². The van der Waals surface area contributed by atoms with Gasteiger partial charge in [-0.15, -0.1) is 0 Å². The third kappa shape index (κ3) is 6.57. The number of benzene rings is 2. The van der Waals surface area contributed by atoms with E-state index >= 15 is 0 Å². The smallest absolute Gasteiger partial charge is 0.251 e. The normalized spacial score (nSPS) is 12.5. The molecule has 0 spiro atoms. The molecule has 0 saturated heterocycles.